The molecule has 102 valence electrons. The molecule has 1 spiro atoms. The van der Waals surface area contributed by atoms with Gasteiger partial charge in [-0.3, -0.25) is 14.5 Å². The average molecular weight is 267 g/mol. The molecule has 0 unspecified atom stereocenters. The van der Waals surface area contributed by atoms with Crippen molar-refractivity contribution in [1.29, 1.82) is 0 Å². The van der Waals surface area contributed by atoms with Gasteiger partial charge in [0.05, 0.1) is 11.1 Å². The van der Waals surface area contributed by atoms with Crippen LogP contribution in [0.15, 0.2) is 36.4 Å². The number of carbonyl (C=O) groups excluding carboxylic acids is 2. The summed E-state index contributed by atoms with van der Waals surface area (Å²) in [5.41, 5.74) is 1.40. The highest BCUT2D eigenvalue weighted by atomic mass is 16.2. The van der Waals surface area contributed by atoms with Gasteiger partial charge >= 0.3 is 0 Å². The molecule has 1 heterocycles. The molecule has 0 radical (unpaired) electrons. The summed E-state index contributed by atoms with van der Waals surface area (Å²) in [7, 11) is 0. The van der Waals surface area contributed by atoms with Crippen molar-refractivity contribution >= 4 is 17.5 Å². The smallest absolute Gasteiger partial charge is 0.241 e. The number of rotatable bonds is 1. The van der Waals surface area contributed by atoms with E-state index in [9.17, 15) is 9.59 Å². The average Bonchev–Trinajstić information content (AvgIpc) is 3.07. The Labute approximate surface area is 118 Å². The van der Waals surface area contributed by atoms with Gasteiger partial charge in [0, 0.05) is 6.42 Å². The van der Waals surface area contributed by atoms with Crippen LogP contribution in [0.4, 0.5) is 5.69 Å². The molecule has 0 aromatic heterocycles. The number of allylic oxidation sites excluding steroid dienone is 2. The molecule has 2 amide bonds. The highest BCUT2D eigenvalue weighted by Gasteiger charge is 2.60. The number of hydrogen-bond donors (Lipinski definition) is 0. The SMILES string of the molecule is Cc1ccc(N2C(=O)C[C@@]3(C[C@@H]4C=C[C@@H]3C4)C2=O)cc1. The lowest BCUT2D eigenvalue weighted by molar-refractivity contribution is -0.126. The van der Waals surface area contributed by atoms with E-state index in [-0.39, 0.29) is 17.7 Å². The third-order valence-electron chi connectivity index (χ3n) is 5.15. The van der Waals surface area contributed by atoms with Gasteiger partial charge in [-0.15, -0.1) is 0 Å². The highest BCUT2D eigenvalue weighted by molar-refractivity contribution is 6.23. The second-order valence-electron chi connectivity index (χ2n) is 6.39. The summed E-state index contributed by atoms with van der Waals surface area (Å²) in [5, 5.41) is 0. The first-order valence-corrected chi connectivity index (χ1v) is 7.22. The normalized spacial score (nSPS) is 34.8. The van der Waals surface area contributed by atoms with E-state index in [0.717, 1.165) is 18.4 Å². The maximum absolute atomic E-state index is 12.9. The summed E-state index contributed by atoms with van der Waals surface area (Å²) < 4.78 is 0. The number of imide groups is 1. The molecule has 3 nitrogen and oxygen atoms in total. The van der Waals surface area contributed by atoms with Gasteiger partial charge in [-0.1, -0.05) is 29.8 Å². The second kappa shape index (κ2) is 3.81. The van der Waals surface area contributed by atoms with E-state index in [0.29, 0.717) is 18.0 Å². The Morgan fingerprint density at radius 2 is 1.90 bits per heavy atom. The summed E-state index contributed by atoms with van der Waals surface area (Å²) >= 11 is 0. The molecule has 2 bridgehead atoms. The number of aryl methyl sites for hydroxylation is 1. The number of carbonyl (C=O) groups is 2. The molecular formula is C17H17NO2. The van der Waals surface area contributed by atoms with Crippen molar-refractivity contribution in [1.82, 2.24) is 0 Å². The lowest BCUT2D eigenvalue weighted by atomic mass is 9.74. The van der Waals surface area contributed by atoms with E-state index in [2.05, 4.69) is 12.2 Å². The molecule has 1 aliphatic heterocycles. The molecular weight excluding hydrogens is 250 g/mol. The van der Waals surface area contributed by atoms with Crippen LogP contribution in [0.5, 0.6) is 0 Å². The van der Waals surface area contributed by atoms with Crippen molar-refractivity contribution in [2.75, 3.05) is 4.90 Å². The monoisotopic (exact) mass is 267 g/mol. The number of nitrogens with zero attached hydrogens (tertiary/aromatic N) is 1. The molecule has 2 aliphatic carbocycles. The number of hydrogen-bond acceptors (Lipinski definition) is 2. The molecule has 1 saturated carbocycles. The van der Waals surface area contributed by atoms with Crippen molar-refractivity contribution in [3.8, 4) is 0 Å². The molecule has 1 aromatic rings. The molecule has 20 heavy (non-hydrogen) atoms. The van der Waals surface area contributed by atoms with Gasteiger partial charge in [0.2, 0.25) is 11.8 Å². The van der Waals surface area contributed by atoms with E-state index >= 15 is 0 Å². The van der Waals surface area contributed by atoms with Crippen LogP contribution in [-0.4, -0.2) is 11.8 Å². The summed E-state index contributed by atoms with van der Waals surface area (Å²) in [6.07, 6.45) is 6.63. The van der Waals surface area contributed by atoms with Crippen LogP contribution in [0.25, 0.3) is 0 Å². The fraction of sp³-hybridized carbons (Fsp3) is 0.412. The van der Waals surface area contributed by atoms with Crippen LogP contribution >= 0.6 is 0 Å². The standard InChI is InChI=1S/C17H17NO2/c1-11-2-6-14(7-3-11)18-15(19)10-17(16(18)20)9-12-4-5-13(17)8-12/h2-7,12-13H,8-10H2,1H3/t12-,13-,17-/m1/s1. The van der Waals surface area contributed by atoms with Gasteiger partial charge in [0.15, 0.2) is 0 Å². The third-order valence-corrected chi connectivity index (χ3v) is 5.15. The fourth-order valence-electron chi connectivity index (χ4n) is 4.12. The molecule has 1 saturated heterocycles. The minimum absolute atomic E-state index is 0.0169. The van der Waals surface area contributed by atoms with Gasteiger partial charge in [-0.25, -0.2) is 0 Å². The number of fused-ring (bicyclic) bond motifs is 3. The van der Waals surface area contributed by atoms with Crippen LogP contribution in [0.1, 0.15) is 24.8 Å². The first-order chi connectivity index (χ1) is 9.60. The lowest BCUT2D eigenvalue weighted by Crippen LogP contribution is -2.38. The Bertz CT molecular complexity index is 631. The zero-order valence-corrected chi connectivity index (χ0v) is 11.5. The van der Waals surface area contributed by atoms with Gasteiger partial charge in [-0.05, 0) is 43.7 Å². The number of amides is 2. The minimum Gasteiger partial charge on any atom is -0.274 e. The van der Waals surface area contributed by atoms with Crippen LogP contribution in [-0.2, 0) is 9.59 Å². The number of benzene rings is 1. The van der Waals surface area contributed by atoms with Gasteiger partial charge in [-0.2, -0.15) is 0 Å². The number of anilines is 1. The summed E-state index contributed by atoms with van der Waals surface area (Å²) in [6, 6.07) is 7.63. The Kier molecular flexibility index (Phi) is 2.27. The zero-order chi connectivity index (χ0) is 13.9. The quantitative estimate of drug-likeness (QED) is 0.579. The predicted molar refractivity (Wildman–Crippen MR) is 76.1 cm³/mol. The van der Waals surface area contributed by atoms with E-state index in [1.165, 1.54) is 4.90 Å². The Morgan fingerprint density at radius 3 is 2.50 bits per heavy atom. The molecule has 3 atom stereocenters. The topological polar surface area (TPSA) is 37.4 Å². The van der Waals surface area contributed by atoms with Crippen LogP contribution in [0.2, 0.25) is 0 Å². The van der Waals surface area contributed by atoms with Crippen LogP contribution < -0.4 is 4.90 Å². The Morgan fingerprint density at radius 1 is 1.15 bits per heavy atom. The summed E-state index contributed by atoms with van der Waals surface area (Å²) in [5.74, 6) is 0.733. The molecule has 1 aromatic carbocycles. The molecule has 3 heteroatoms. The van der Waals surface area contributed by atoms with Crippen molar-refractivity contribution in [3.63, 3.8) is 0 Å². The molecule has 2 fully saturated rings. The van der Waals surface area contributed by atoms with Crippen molar-refractivity contribution in [3.05, 3.63) is 42.0 Å². The maximum atomic E-state index is 12.9. The fourth-order valence-corrected chi connectivity index (χ4v) is 4.12. The van der Waals surface area contributed by atoms with Crippen molar-refractivity contribution in [2.24, 2.45) is 17.3 Å². The van der Waals surface area contributed by atoms with E-state index in [1.54, 1.807) is 0 Å². The van der Waals surface area contributed by atoms with Gasteiger partial charge in [0.25, 0.3) is 0 Å². The van der Waals surface area contributed by atoms with E-state index in [1.807, 2.05) is 31.2 Å². The Balaban J connectivity index is 1.73. The third kappa shape index (κ3) is 1.41. The van der Waals surface area contributed by atoms with Crippen molar-refractivity contribution < 1.29 is 9.59 Å². The summed E-state index contributed by atoms with van der Waals surface area (Å²) in [4.78, 5) is 26.7. The van der Waals surface area contributed by atoms with E-state index < -0.39 is 5.41 Å². The van der Waals surface area contributed by atoms with Crippen molar-refractivity contribution in [2.45, 2.75) is 26.2 Å². The van der Waals surface area contributed by atoms with Gasteiger partial charge < -0.3 is 0 Å². The molecule has 4 rings (SSSR count). The maximum Gasteiger partial charge on any atom is 0.241 e. The van der Waals surface area contributed by atoms with Gasteiger partial charge in [0.1, 0.15) is 0 Å². The first kappa shape index (κ1) is 11.9. The Hall–Kier alpha value is -1.90. The molecule has 3 aliphatic rings. The van der Waals surface area contributed by atoms with E-state index in [4.69, 9.17) is 0 Å². The van der Waals surface area contributed by atoms with Crippen LogP contribution in [0, 0.1) is 24.2 Å². The zero-order valence-electron chi connectivity index (χ0n) is 11.5. The lowest BCUT2D eigenvalue weighted by Gasteiger charge is -2.28. The second-order valence-corrected chi connectivity index (χ2v) is 6.39. The molecule has 0 N–H and O–H groups in total. The summed E-state index contributed by atoms with van der Waals surface area (Å²) in [6.45, 7) is 2.00. The highest BCUT2D eigenvalue weighted by Crippen LogP contribution is 2.57. The van der Waals surface area contributed by atoms with Crippen LogP contribution in [0.3, 0.4) is 0 Å². The first-order valence-electron chi connectivity index (χ1n) is 7.22. The predicted octanol–water partition coefficient (Wildman–Crippen LogP) is 2.84. The largest absolute Gasteiger partial charge is 0.274 e. The minimum atomic E-state index is -0.443.